The maximum Gasteiger partial charge on any atom is 0.0159 e. The van der Waals surface area contributed by atoms with Crippen LogP contribution in [0.4, 0.5) is 0 Å². The van der Waals surface area contributed by atoms with Crippen LogP contribution in [0.5, 0.6) is 0 Å². The van der Waals surface area contributed by atoms with Gasteiger partial charge in [0.2, 0.25) is 0 Å². The lowest BCUT2D eigenvalue weighted by atomic mass is 9.76. The van der Waals surface area contributed by atoms with Gasteiger partial charge in [0.1, 0.15) is 0 Å². The van der Waals surface area contributed by atoms with Gasteiger partial charge in [-0.3, -0.25) is 0 Å². The fraction of sp³-hybridized carbons (Fsp3) is 0.283. The van der Waals surface area contributed by atoms with Crippen molar-refractivity contribution >= 4 is 43.1 Å². The summed E-state index contributed by atoms with van der Waals surface area (Å²) in [5.41, 5.74) is 15.2. The minimum Gasteiger partial charge on any atom is -0.0579 e. The topological polar surface area (TPSA) is 0 Å². The second-order valence-electron chi connectivity index (χ2n) is 19.5. The van der Waals surface area contributed by atoms with Crippen LogP contribution >= 0.6 is 0 Å². The zero-order valence-electron chi connectivity index (χ0n) is 33.5. The first-order chi connectivity index (χ1) is 24.9. The zero-order valence-corrected chi connectivity index (χ0v) is 33.5. The quantitative estimate of drug-likeness (QED) is 0.159. The first kappa shape index (κ1) is 33.9. The lowest BCUT2D eigenvalue weighted by Gasteiger charge is -2.27. The Morgan fingerprint density at radius 1 is 0.358 bits per heavy atom. The fourth-order valence-corrected chi connectivity index (χ4v) is 9.06. The van der Waals surface area contributed by atoms with E-state index in [0.717, 1.165) is 0 Å². The van der Waals surface area contributed by atoms with E-state index in [1.807, 2.05) is 0 Å². The van der Waals surface area contributed by atoms with Crippen LogP contribution in [0.2, 0.25) is 0 Å². The molecule has 9 rings (SSSR count). The van der Waals surface area contributed by atoms with Gasteiger partial charge in [0.15, 0.2) is 0 Å². The van der Waals surface area contributed by atoms with Crippen molar-refractivity contribution in [3.05, 3.63) is 143 Å². The Hall–Kier alpha value is -4.94. The molecule has 8 aromatic rings. The monoisotopic (exact) mass is 688 g/mol. The lowest BCUT2D eigenvalue weighted by Crippen LogP contribution is -2.19. The summed E-state index contributed by atoms with van der Waals surface area (Å²) in [6.45, 7) is 25.7. The van der Waals surface area contributed by atoms with E-state index in [1.165, 1.54) is 104 Å². The number of fused-ring (bicyclic) bond motifs is 4. The molecule has 0 spiro atoms. The van der Waals surface area contributed by atoms with Crippen molar-refractivity contribution in [1.29, 1.82) is 0 Å². The fourth-order valence-electron chi connectivity index (χ4n) is 9.06. The summed E-state index contributed by atoms with van der Waals surface area (Å²) in [5, 5.41) is 10.6. The molecule has 8 aromatic carbocycles. The van der Waals surface area contributed by atoms with E-state index >= 15 is 0 Å². The third-order valence-corrected chi connectivity index (χ3v) is 12.4. The molecule has 0 saturated heterocycles. The number of benzene rings is 8. The average molecular weight is 689 g/mol. The average Bonchev–Trinajstić information content (AvgIpc) is 3.34. The second kappa shape index (κ2) is 11.0. The summed E-state index contributed by atoms with van der Waals surface area (Å²) in [5.74, 6) is 0. The van der Waals surface area contributed by atoms with Gasteiger partial charge in [-0.15, -0.1) is 0 Å². The molecule has 0 N–H and O–H groups in total. The maximum absolute atomic E-state index is 2.50. The Morgan fingerprint density at radius 2 is 0.849 bits per heavy atom. The molecule has 264 valence electrons. The van der Waals surface area contributed by atoms with Crippen molar-refractivity contribution in [3.8, 4) is 33.4 Å². The van der Waals surface area contributed by atoms with Gasteiger partial charge in [-0.25, -0.2) is 0 Å². The normalized spacial score (nSPS) is 14.5. The standard InChI is InChI=1S/C53H52/c1-50(2,3)38-20-23-43-45(29-38)53(10,11)46-30-40(52(7,8)9)28-44(49(43)46)35-16-14-32-24-34(15-13-33(32)25-35)41-21-18-31-12-17-36-26-39(51(4,5)6)27-37-19-22-42(41)48(31)47(36)37/h12-30H,1-11H3. The molecule has 0 aromatic heterocycles. The van der Waals surface area contributed by atoms with Gasteiger partial charge in [0, 0.05) is 5.41 Å². The van der Waals surface area contributed by atoms with Crippen LogP contribution in [0.25, 0.3) is 76.5 Å². The predicted molar refractivity (Wildman–Crippen MR) is 232 cm³/mol. The molecule has 0 radical (unpaired) electrons. The van der Waals surface area contributed by atoms with E-state index in [0.29, 0.717) is 0 Å². The van der Waals surface area contributed by atoms with E-state index in [1.54, 1.807) is 0 Å². The minimum atomic E-state index is -0.0801. The maximum atomic E-state index is 2.50. The molecule has 53 heavy (non-hydrogen) atoms. The van der Waals surface area contributed by atoms with Gasteiger partial charge in [-0.2, -0.15) is 0 Å². The Balaban J connectivity index is 1.19. The molecule has 0 atom stereocenters. The van der Waals surface area contributed by atoms with Crippen molar-refractivity contribution in [2.45, 2.75) is 97.8 Å². The summed E-state index contributed by atoms with van der Waals surface area (Å²) >= 11 is 0. The van der Waals surface area contributed by atoms with Crippen LogP contribution in [0, 0.1) is 0 Å². The zero-order chi connectivity index (χ0) is 37.4. The van der Waals surface area contributed by atoms with Crippen molar-refractivity contribution in [2.24, 2.45) is 0 Å². The van der Waals surface area contributed by atoms with Crippen LogP contribution in [0.15, 0.2) is 115 Å². The largest absolute Gasteiger partial charge is 0.0579 e. The molecule has 0 bridgehead atoms. The SMILES string of the molecule is CC(C)(C)c1ccc2c(c1)C(C)(C)c1cc(C(C)(C)C)cc(-c3ccc4cc(-c5ccc6ccc7cc(C(C)(C)C)cc8ccc5c6c78)ccc4c3)c1-2. The summed E-state index contributed by atoms with van der Waals surface area (Å²) < 4.78 is 0. The van der Waals surface area contributed by atoms with E-state index in [-0.39, 0.29) is 21.7 Å². The Morgan fingerprint density at radius 3 is 1.47 bits per heavy atom. The molecule has 0 heteroatoms. The minimum absolute atomic E-state index is 0.0342. The second-order valence-corrected chi connectivity index (χ2v) is 19.5. The highest BCUT2D eigenvalue weighted by Crippen LogP contribution is 2.54. The van der Waals surface area contributed by atoms with Crippen LogP contribution in [0.1, 0.15) is 104 Å². The van der Waals surface area contributed by atoms with Crippen molar-refractivity contribution in [2.75, 3.05) is 0 Å². The first-order valence-electron chi connectivity index (χ1n) is 19.5. The molecule has 1 aliphatic rings. The van der Waals surface area contributed by atoms with Crippen LogP contribution in [-0.2, 0) is 21.7 Å². The first-order valence-corrected chi connectivity index (χ1v) is 19.5. The van der Waals surface area contributed by atoms with Gasteiger partial charge in [0.05, 0.1) is 0 Å². The Kier molecular flexibility index (Phi) is 7.06. The van der Waals surface area contributed by atoms with Gasteiger partial charge in [-0.05, 0) is 139 Å². The Labute approximate surface area is 316 Å². The van der Waals surface area contributed by atoms with Crippen LogP contribution in [0.3, 0.4) is 0 Å². The van der Waals surface area contributed by atoms with Gasteiger partial charge >= 0.3 is 0 Å². The van der Waals surface area contributed by atoms with Crippen LogP contribution in [-0.4, -0.2) is 0 Å². The van der Waals surface area contributed by atoms with E-state index in [9.17, 15) is 0 Å². The number of hydrogen-bond donors (Lipinski definition) is 0. The summed E-state index contributed by atoms with van der Waals surface area (Å²) in [7, 11) is 0. The van der Waals surface area contributed by atoms with E-state index in [2.05, 4.69) is 191 Å². The van der Waals surface area contributed by atoms with Crippen LogP contribution < -0.4 is 0 Å². The van der Waals surface area contributed by atoms with Gasteiger partial charge < -0.3 is 0 Å². The predicted octanol–water partition coefficient (Wildman–Crippen LogP) is 15.3. The molecule has 0 nitrogen and oxygen atoms in total. The van der Waals surface area contributed by atoms with Crippen molar-refractivity contribution < 1.29 is 0 Å². The molecule has 1 aliphatic carbocycles. The van der Waals surface area contributed by atoms with Crippen molar-refractivity contribution in [3.63, 3.8) is 0 Å². The van der Waals surface area contributed by atoms with E-state index < -0.39 is 0 Å². The molecule has 0 heterocycles. The molecule has 0 fully saturated rings. The number of rotatable bonds is 2. The summed E-state index contributed by atoms with van der Waals surface area (Å²) in [6, 6.07) is 45.2. The molecule has 0 unspecified atom stereocenters. The highest BCUT2D eigenvalue weighted by atomic mass is 14.4. The third-order valence-electron chi connectivity index (χ3n) is 12.4. The third kappa shape index (κ3) is 5.24. The van der Waals surface area contributed by atoms with Gasteiger partial charge in [-0.1, -0.05) is 173 Å². The summed E-state index contributed by atoms with van der Waals surface area (Å²) in [4.78, 5) is 0. The van der Waals surface area contributed by atoms with E-state index in [4.69, 9.17) is 0 Å². The Bertz CT molecular complexity index is 2760. The highest BCUT2D eigenvalue weighted by Gasteiger charge is 2.39. The van der Waals surface area contributed by atoms with Crippen molar-refractivity contribution in [1.82, 2.24) is 0 Å². The highest BCUT2D eigenvalue weighted by molar-refractivity contribution is 6.25. The lowest BCUT2D eigenvalue weighted by molar-refractivity contribution is 0.580. The van der Waals surface area contributed by atoms with Gasteiger partial charge in [0.25, 0.3) is 0 Å². The molecular weight excluding hydrogens is 637 g/mol. The molecular formula is C53H52. The molecule has 0 saturated carbocycles. The smallest absolute Gasteiger partial charge is 0.0159 e. The summed E-state index contributed by atoms with van der Waals surface area (Å²) in [6.07, 6.45) is 0. The molecule has 0 aliphatic heterocycles. The molecule has 0 amide bonds. The number of hydrogen-bond acceptors (Lipinski definition) is 0.